The van der Waals surface area contributed by atoms with E-state index in [4.69, 9.17) is 9.47 Å². The lowest BCUT2D eigenvalue weighted by Gasteiger charge is -2.10. The number of nitrogens with zero attached hydrogens (tertiary/aromatic N) is 3. The Morgan fingerprint density at radius 1 is 1.10 bits per heavy atom. The minimum absolute atomic E-state index is 0.124. The van der Waals surface area contributed by atoms with Gasteiger partial charge in [0.1, 0.15) is 23.1 Å². The van der Waals surface area contributed by atoms with Gasteiger partial charge in [0, 0.05) is 23.4 Å². The Morgan fingerprint density at radius 2 is 1.90 bits per heavy atom. The van der Waals surface area contributed by atoms with Crippen molar-refractivity contribution in [1.82, 2.24) is 14.6 Å². The molecule has 158 valence electrons. The van der Waals surface area contributed by atoms with Gasteiger partial charge in [-0.25, -0.2) is 4.98 Å². The number of carbonyl (C=O) groups excluding carboxylic acids is 1. The molecule has 0 saturated carbocycles. The summed E-state index contributed by atoms with van der Waals surface area (Å²) in [5.41, 5.74) is 1.38. The summed E-state index contributed by atoms with van der Waals surface area (Å²) in [6.45, 7) is 4.42. The first kappa shape index (κ1) is 20.5. The first-order valence-electron chi connectivity index (χ1n) is 9.65. The molecule has 0 atom stereocenters. The molecule has 1 N–H and O–H groups in total. The first-order valence-corrected chi connectivity index (χ1v) is 10.5. The highest BCUT2D eigenvalue weighted by molar-refractivity contribution is 7.16. The fraction of sp³-hybridized carbons (Fsp3) is 0.182. The van der Waals surface area contributed by atoms with Crippen molar-refractivity contribution in [3.05, 3.63) is 81.2 Å². The molecule has 0 saturated heterocycles. The van der Waals surface area contributed by atoms with Crippen LogP contribution in [0.25, 0.3) is 4.96 Å². The van der Waals surface area contributed by atoms with Gasteiger partial charge in [0.25, 0.3) is 11.5 Å². The van der Waals surface area contributed by atoms with Gasteiger partial charge in [-0.2, -0.15) is 9.61 Å². The van der Waals surface area contributed by atoms with Crippen molar-refractivity contribution >= 4 is 27.9 Å². The van der Waals surface area contributed by atoms with Gasteiger partial charge in [0.15, 0.2) is 0 Å². The summed E-state index contributed by atoms with van der Waals surface area (Å²) in [6, 6.07) is 15.4. The third kappa shape index (κ3) is 4.89. The Bertz CT molecular complexity index is 1280. The summed E-state index contributed by atoms with van der Waals surface area (Å²) in [7, 11) is 0. The molecule has 0 fully saturated rings. The maximum atomic E-state index is 12.5. The summed E-state index contributed by atoms with van der Waals surface area (Å²) >= 11 is 1.34. The quantitative estimate of drug-likeness (QED) is 0.475. The van der Waals surface area contributed by atoms with Crippen molar-refractivity contribution in [3.8, 4) is 11.5 Å². The fourth-order valence-corrected chi connectivity index (χ4v) is 3.69. The van der Waals surface area contributed by atoms with E-state index in [0.717, 1.165) is 10.8 Å². The van der Waals surface area contributed by atoms with E-state index in [9.17, 15) is 9.59 Å². The van der Waals surface area contributed by atoms with Crippen LogP contribution in [0.15, 0.2) is 59.4 Å². The van der Waals surface area contributed by atoms with Crippen molar-refractivity contribution in [2.45, 2.75) is 20.5 Å². The minimum Gasteiger partial charge on any atom is -0.494 e. The van der Waals surface area contributed by atoms with Crippen molar-refractivity contribution in [1.29, 1.82) is 0 Å². The van der Waals surface area contributed by atoms with Gasteiger partial charge < -0.3 is 14.8 Å². The van der Waals surface area contributed by atoms with Crippen molar-refractivity contribution < 1.29 is 14.3 Å². The number of carbonyl (C=O) groups is 1. The van der Waals surface area contributed by atoms with Crippen molar-refractivity contribution in [3.63, 3.8) is 0 Å². The van der Waals surface area contributed by atoms with E-state index in [2.05, 4.69) is 15.4 Å². The number of aromatic nitrogens is 3. The Labute approximate surface area is 182 Å². The molecule has 9 heteroatoms. The minimum atomic E-state index is -0.246. The molecular weight excluding hydrogens is 416 g/mol. The highest BCUT2D eigenvalue weighted by atomic mass is 32.1. The van der Waals surface area contributed by atoms with Crippen LogP contribution in [0, 0.1) is 6.92 Å². The summed E-state index contributed by atoms with van der Waals surface area (Å²) in [6.07, 6.45) is 0. The molecule has 31 heavy (non-hydrogen) atoms. The second-order valence-corrected chi connectivity index (χ2v) is 7.79. The molecule has 0 aliphatic heterocycles. The third-order valence-electron chi connectivity index (χ3n) is 4.31. The number of amides is 1. The normalized spacial score (nSPS) is 10.8. The maximum Gasteiger partial charge on any atom is 0.275 e. The van der Waals surface area contributed by atoms with Crippen molar-refractivity contribution in [2.75, 3.05) is 11.9 Å². The number of ether oxygens (including phenoxy) is 2. The van der Waals surface area contributed by atoms with E-state index >= 15 is 0 Å². The van der Waals surface area contributed by atoms with E-state index in [1.807, 2.05) is 13.8 Å². The van der Waals surface area contributed by atoms with Crippen LogP contribution < -0.4 is 20.3 Å². The van der Waals surface area contributed by atoms with E-state index in [-0.39, 0.29) is 18.1 Å². The van der Waals surface area contributed by atoms with E-state index in [0.29, 0.717) is 34.3 Å². The second-order valence-electron chi connectivity index (χ2n) is 6.63. The van der Waals surface area contributed by atoms with Crippen LogP contribution in [0.3, 0.4) is 0 Å². The number of anilines is 1. The Balaban J connectivity index is 1.42. The van der Waals surface area contributed by atoms with Gasteiger partial charge in [-0.3, -0.25) is 9.59 Å². The molecule has 2 heterocycles. The van der Waals surface area contributed by atoms with Crippen LogP contribution in [-0.2, 0) is 6.61 Å². The van der Waals surface area contributed by atoms with Crippen LogP contribution >= 0.6 is 11.3 Å². The zero-order valence-corrected chi connectivity index (χ0v) is 17.8. The molecule has 0 aliphatic carbocycles. The topological polar surface area (TPSA) is 94.8 Å². The van der Waals surface area contributed by atoms with Crippen LogP contribution in [0.1, 0.15) is 28.0 Å². The molecule has 1 amide bonds. The number of hydrogen-bond donors (Lipinski definition) is 1. The molecule has 0 spiro atoms. The highest BCUT2D eigenvalue weighted by Crippen LogP contribution is 2.20. The highest BCUT2D eigenvalue weighted by Gasteiger charge is 2.09. The van der Waals surface area contributed by atoms with Gasteiger partial charge in [0.05, 0.1) is 12.3 Å². The Morgan fingerprint density at radius 3 is 2.68 bits per heavy atom. The average molecular weight is 436 g/mol. The monoisotopic (exact) mass is 436 g/mol. The SMILES string of the molecule is CCOc1ccc(C(=O)Nc2cccc(OCc3cc(=O)n4nc(C)sc4n3)c2)cc1. The lowest BCUT2D eigenvalue weighted by atomic mass is 10.2. The van der Waals surface area contributed by atoms with Gasteiger partial charge in [0.2, 0.25) is 4.96 Å². The Hall–Kier alpha value is -3.72. The Kier molecular flexibility index (Phi) is 5.94. The lowest BCUT2D eigenvalue weighted by molar-refractivity contribution is 0.102. The zero-order chi connectivity index (χ0) is 21.8. The predicted octanol–water partition coefficient (Wildman–Crippen LogP) is 3.69. The number of aryl methyl sites for hydroxylation is 1. The van der Waals surface area contributed by atoms with Crippen LogP contribution in [0.5, 0.6) is 11.5 Å². The van der Waals surface area contributed by atoms with E-state index < -0.39 is 0 Å². The number of fused-ring (bicyclic) bond motifs is 1. The molecule has 4 aromatic rings. The number of hydrogen-bond acceptors (Lipinski definition) is 7. The molecule has 0 radical (unpaired) electrons. The summed E-state index contributed by atoms with van der Waals surface area (Å²) in [5.74, 6) is 1.03. The van der Waals surface area contributed by atoms with Crippen LogP contribution in [0.2, 0.25) is 0 Å². The van der Waals surface area contributed by atoms with E-state index in [1.54, 1.807) is 48.5 Å². The standard InChI is InChI=1S/C22H20N4O4S/c1-3-29-18-9-7-15(8-10-18)21(28)23-16-5-4-6-19(11-16)30-13-17-12-20(27)26-22(24-17)31-14(2)25-26/h4-12H,3,13H2,1-2H3,(H,23,28). The van der Waals surface area contributed by atoms with Crippen LogP contribution in [-0.4, -0.2) is 27.1 Å². The summed E-state index contributed by atoms with van der Waals surface area (Å²) in [4.78, 5) is 29.6. The molecule has 2 aromatic carbocycles. The van der Waals surface area contributed by atoms with Crippen molar-refractivity contribution in [2.24, 2.45) is 0 Å². The molecule has 0 aliphatic rings. The second kappa shape index (κ2) is 8.97. The molecule has 0 unspecified atom stereocenters. The van der Waals surface area contributed by atoms with Gasteiger partial charge in [-0.1, -0.05) is 17.4 Å². The fourth-order valence-electron chi connectivity index (χ4n) is 2.92. The molecule has 4 rings (SSSR count). The summed E-state index contributed by atoms with van der Waals surface area (Å²) < 4.78 is 12.5. The maximum absolute atomic E-state index is 12.5. The molecule has 8 nitrogen and oxygen atoms in total. The first-order chi connectivity index (χ1) is 15.0. The number of nitrogens with one attached hydrogen (secondary N) is 1. The van der Waals surface area contributed by atoms with Crippen LogP contribution in [0.4, 0.5) is 5.69 Å². The van der Waals surface area contributed by atoms with Gasteiger partial charge in [-0.15, -0.1) is 0 Å². The largest absolute Gasteiger partial charge is 0.494 e. The molecular formula is C22H20N4O4S. The molecule has 0 bridgehead atoms. The predicted molar refractivity (Wildman–Crippen MR) is 118 cm³/mol. The van der Waals surface area contributed by atoms with Gasteiger partial charge >= 0.3 is 0 Å². The van der Waals surface area contributed by atoms with Gasteiger partial charge in [-0.05, 0) is 50.2 Å². The third-order valence-corrected chi connectivity index (χ3v) is 5.13. The average Bonchev–Trinajstić information content (AvgIpc) is 3.14. The molecule has 2 aromatic heterocycles. The number of benzene rings is 2. The zero-order valence-electron chi connectivity index (χ0n) is 17.0. The summed E-state index contributed by atoms with van der Waals surface area (Å²) in [5, 5.41) is 7.73. The lowest BCUT2D eigenvalue weighted by Crippen LogP contribution is -2.16. The van der Waals surface area contributed by atoms with E-state index in [1.165, 1.54) is 21.9 Å². The number of rotatable bonds is 7. The smallest absolute Gasteiger partial charge is 0.275 e.